The zero-order chi connectivity index (χ0) is 18.4. The van der Waals surface area contributed by atoms with Crippen LogP contribution in [0.2, 0.25) is 0 Å². The van der Waals surface area contributed by atoms with Crippen molar-refractivity contribution in [3.05, 3.63) is 60.5 Å². The van der Waals surface area contributed by atoms with E-state index >= 15 is 0 Å². The van der Waals surface area contributed by atoms with Crippen molar-refractivity contribution in [2.45, 2.75) is 0 Å². The highest BCUT2D eigenvalue weighted by atomic mass is 16.5. The Hall–Kier alpha value is -3.61. The molecule has 0 bridgehead atoms. The average molecular weight is 351 g/mol. The van der Waals surface area contributed by atoms with Gasteiger partial charge in [-0.05, 0) is 42.0 Å². The van der Waals surface area contributed by atoms with E-state index < -0.39 is 0 Å². The fraction of sp³-hybridized carbons (Fsp3) is 0.105. The SMILES string of the molecule is COc1cc(/C=C/C(=O)Nc2cccc(-c3nnco3)c2)cc(OC)c1. The summed E-state index contributed by atoms with van der Waals surface area (Å²) < 4.78 is 15.6. The third-order valence-corrected chi connectivity index (χ3v) is 3.54. The number of rotatable bonds is 6. The zero-order valence-corrected chi connectivity index (χ0v) is 14.3. The van der Waals surface area contributed by atoms with E-state index in [2.05, 4.69) is 15.5 Å². The molecule has 0 fully saturated rings. The van der Waals surface area contributed by atoms with Crippen molar-refractivity contribution in [1.82, 2.24) is 10.2 Å². The molecule has 0 saturated heterocycles. The van der Waals surface area contributed by atoms with E-state index in [0.717, 1.165) is 11.1 Å². The molecule has 1 N–H and O–H groups in total. The standard InChI is InChI=1S/C19H17N3O4/c1-24-16-8-13(9-17(11-16)25-2)6-7-18(23)21-15-5-3-4-14(10-15)19-22-20-12-26-19/h3-12H,1-2H3,(H,21,23)/b7-6+. The van der Waals surface area contributed by atoms with Gasteiger partial charge in [-0.15, -0.1) is 10.2 Å². The van der Waals surface area contributed by atoms with Crippen LogP contribution < -0.4 is 14.8 Å². The number of nitrogens with one attached hydrogen (secondary N) is 1. The van der Waals surface area contributed by atoms with Gasteiger partial charge >= 0.3 is 0 Å². The lowest BCUT2D eigenvalue weighted by Gasteiger charge is -2.06. The number of carbonyl (C=O) groups excluding carboxylic acids is 1. The second-order valence-corrected chi connectivity index (χ2v) is 5.29. The molecule has 1 amide bonds. The quantitative estimate of drug-likeness (QED) is 0.685. The van der Waals surface area contributed by atoms with Crippen LogP contribution in [0.5, 0.6) is 11.5 Å². The predicted molar refractivity (Wildman–Crippen MR) is 96.9 cm³/mol. The first-order chi connectivity index (χ1) is 12.7. The van der Waals surface area contributed by atoms with Crippen molar-refractivity contribution < 1.29 is 18.7 Å². The first-order valence-electron chi connectivity index (χ1n) is 7.76. The molecule has 132 valence electrons. The molecular formula is C19H17N3O4. The number of benzene rings is 2. The summed E-state index contributed by atoms with van der Waals surface area (Å²) in [7, 11) is 3.15. The molecule has 26 heavy (non-hydrogen) atoms. The molecule has 0 spiro atoms. The molecule has 7 heteroatoms. The normalized spacial score (nSPS) is 10.7. The van der Waals surface area contributed by atoms with Gasteiger partial charge < -0.3 is 19.2 Å². The highest BCUT2D eigenvalue weighted by Crippen LogP contribution is 2.23. The third-order valence-electron chi connectivity index (χ3n) is 3.54. The van der Waals surface area contributed by atoms with Crippen LogP contribution in [0.25, 0.3) is 17.5 Å². The van der Waals surface area contributed by atoms with Crippen molar-refractivity contribution >= 4 is 17.7 Å². The third kappa shape index (κ3) is 4.27. The lowest BCUT2D eigenvalue weighted by Crippen LogP contribution is -2.07. The van der Waals surface area contributed by atoms with Gasteiger partial charge in [0.05, 0.1) is 14.2 Å². The van der Waals surface area contributed by atoms with Crippen LogP contribution in [-0.2, 0) is 4.79 Å². The largest absolute Gasteiger partial charge is 0.497 e. The van der Waals surface area contributed by atoms with Gasteiger partial charge in [0.15, 0.2) is 0 Å². The van der Waals surface area contributed by atoms with Crippen LogP contribution >= 0.6 is 0 Å². The van der Waals surface area contributed by atoms with Crippen LogP contribution in [-0.4, -0.2) is 30.3 Å². The number of hydrogen-bond donors (Lipinski definition) is 1. The molecule has 0 unspecified atom stereocenters. The molecule has 0 radical (unpaired) electrons. The summed E-state index contributed by atoms with van der Waals surface area (Å²) in [6.45, 7) is 0. The Balaban J connectivity index is 1.71. The number of ether oxygens (including phenoxy) is 2. The number of hydrogen-bond acceptors (Lipinski definition) is 6. The topological polar surface area (TPSA) is 86.5 Å². The van der Waals surface area contributed by atoms with Crippen LogP contribution in [0.15, 0.2) is 59.4 Å². The van der Waals surface area contributed by atoms with E-state index in [9.17, 15) is 4.79 Å². The van der Waals surface area contributed by atoms with Gasteiger partial charge in [-0.25, -0.2) is 0 Å². The van der Waals surface area contributed by atoms with Gasteiger partial charge in [-0.1, -0.05) is 6.07 Å². The number of methoxy groups -OCH3 is 2. The molecule has 0 aliphatic heterocycles. The van der Waals surface area contributed by atoms with Crippen LogP contribution in [0.4, 0.5) is 5.69 Å². The van der Waals surface area contributed by atoms with Crippen LogP contribution in [0, 0.1) is 0 Å². The molecule has 2 aromatic carbocycles. The Labute approximate surface area is 150 Å². The van der Waals surface area contributed by atoms with E-state index in [1.807, 2.05) is 18.2 Å². The highest BCUT2D eigenvalue weighted by molar-refractivity contribution is 6.02. The number of aromatic nitrogens is 2. The number of nitrogens with zero attached hydrogens (tertiary/aromatic N) is 2. The van der Waals surface area contributed by atoms with Gasteiger partial charge in [0.2, 0.25) is 18.2 Å². The van der Waals surface area contributed by atoms with E-state index in [4.69, 9.17) is 13.9 Å². The molecule has 0 aliphatic rings. The average Bonchev–Trinajstić information content (AvgIpc) is 3.21. The zero-order valence-electron chi connectivity index (χ0n) is 14.3. The maximum Gasteiger partial charge on any atom is 0.248 e. The first kappa shape index (κ1) is 17.2. The summed E-state index contributed by atoms with van der Waals surface area (Å²) in [5.74, 6) is 1.42. The van der Waals surface area contributed by atoms with E-state index in [1.165, 1.54) is 12.5 Å². The van der Waals surface area contributed by atoms with Gasteiger partial charge in [-0.3, -0.25) is 4.79 Å². The highest BCUT2D eigenvalue weighted by Gasteiger charge is 2.06. The smallest absolute Gasteiger partial charge is 0.248 e. The minimum absolute atomic E-state index is 0.269. The molecule has 7 nitrogen and oxygen atoms in total. The van der Waals surface area contributed by atoms with Crippen molar-refractivity contribution in [3.8, 4) is 23.0 Å². The molecule has 1 heterocycles. The van der Waals surface area contributed by atoms with Gasteiger partial charge in [0, 0.05) is 23.4 Å². The van der Waals surface area contributed by atoms with Crippen LogP contribution in [0.1, 0.15) is 5.56 Å². The summed E-state index contributed by atoms with van der Waals surface area (Å²) in [5, 5.41) is 10.3. The maximum absolute atomic E-state index is 12.2. The predicted octanol–water partition coefficient (Wildman–Crippen LogP) is 3.41. The number of anilines is 1. The summed E-state index contributed by atoms with van der Waals surface area (Å²) in [4.78, 5) is 12.2. The molecule has 1 aromatic heterocycles. The summed E-state index contributed by atoms with van der Waals surface area (Å²) in [6, 6.07) is 12.5. The van der Waals surface area contributed by atoms with Crippen molar-refractivity contribution in [1.29, 1.82) is 0 Å². The monoisotopic (exact) mass is 351 g/mol. The molecule has 3 aromatic rings. The molecule has 0 aliphatic carbocycles. The van der Waals surface area contributed by atoms with E-state index in [1.54, 1.807) is 44.6 Å². The minimum Gasteiger partial charge on any atom is -0.497 e. The minimum atomic E-state index is -0.269. The second kappa shape index (κ2) is 7.98. The second-order valence-electron chi connectivity index (χ2n) is 5.29. The summed E-state index contributed by atoms with van der Waals surface area (Å²) in [5.41, 5.74) is 2.14. The Morgan fingerprint density at radius 1 is 1.12 bits per heavy atom. The maximum atomic E-state index is 12.2. The summed E-state index contributed by atoms with van der Waals surface area (Å²) >= 11 is 0. The van der Waals surface area contributed by atoms with Crippen molar-refractivity contribution in [3.63, 3.8) is 0 Å². The summed E-state index contributed by atoms with van der Waals surface area (Å²) in [6.07, 6.45) is 4.38. The van der Waals surface area contributed by atoms with Gasteiger partial charge in [0.25, 0.3) is 0 Å². The number of amides is 1. The fourth-order valence-corrected chi connectivity index (χ4v) is 2.31. The lowest BCUT2D eigenvalue weighted by atomic mass is 10.1. The molecule has 0 atom stereocenters. The van der Waals surface area contributed by atoms with Gasteiger partial charge in [-0.2, -0.15) is 0 Å². The Kier molecular flexibility index (Phi) is 5.28. The van der Waals surface area contributed by atoms with Crippen molar-refractivity contribution in [2.75, 3.05) is 19.5 Å². The fourth-order valence-electron chi connectivity index (χ4n) is 2.31. The van der Waals surface area contributed by atoms with Gasteiger partial charge in [0.1, 0.15) is 11.5 Å². The van der Waals surface area contributed by atoms with E-state index in [-0.39, 0.29) is 5.91 Å². The first-order valence-corrected chi connectivity index (χ1v) is 7.76. The van der Waals surface area contributed by atoms with E-state index in [0.29, 0.717) is 23.1 Å². The Bertz CT molecular complexity index is 898. The Morgan fingerprint density at radius 3 is 2.54 bits per heavy atom. The Morgan fingerprint density at radius 2 is 1.88 bits per heavy atom. The van der Waals surface area contributed by atoms with Crippen LogP contribution in [0.3, 0.4) is 0 Å². The molecule has 0 saturated carbocycles. The number of carbonyl (C=O) groups is 1. The lowest BCUT2D eigenvalue weighted by molar-refractivity contribution is -0.111. The molecular weight excluding hydrogens is 334 g/mol. The molecule has 3 rings (SSSR count). The van der Waals surface area contributed by atoms with Crippen molar-refractivity contribution in [2.24, 2.45) is 0 Å².